The molecule has 0 radical (unpaired) electrons. The van der Waals surface area contributed by atoms with Crippen LogP contribution in [0.5, 0.6) is 0 Å². The van der Waals surface area contributed by atoms with Crippen LogP contribution in [0.1, 0.15) is 57.3 Å². The largest absolute Gasteiger partial charge is 0.373 e. The van der Waals surface area contributed by atoms with Crippen LogP contribution in [0.25, 0.3) is 0 Å². The number of nitrogens with one attached hydrogen (secondary N) is 2. The number of nitrogens with zero attached hydrogens (tertiary/aromatic N) is 2. The summed E-state index contributed by atoms with van der Waals surface area (Å²) in [5.74, 6) is 3.12. The molecule has 2 N–H and O–H groups in total. The first-order valence-corrected chi connectivity index (χ1v) is 6.90. The monoisotopic (exact) mass is 250 g/mol. The van der Waals surface area contributed by atoms with Gasteiger partial charge in [0.25, 0.3) is 0 Å². The fraction of sp³-hybridized carbons (Fsp3) is 0.714. The summed E-state index contributed by atoms with van der Waals surface area (Å²) in [6.45, 7) is 9.48. The smallest absolute Gasteiger partial charge is 0.135 e. The molecule has 0 atom stereocenters. The predicted molar refractivity (Wildman–Crippen MR) is 78.4 cm³/mol. The highest BCUT2D eigenvalue weighted by Crippen LogP contribution is 2.22. The topological polar surface area (TPSA) is 49.8 Å². The van der Waals surface area contributed by atoms with Crippen molar-refractivity contribution in [3.63, 3.8) is 0 Å². The van der Waals surface area contributed by atoms with Gasteiger partial charge in [0, 0.05) is 25.1 Å². The lowest BCUT2D eigenvalue weighted by Crippen LogP contribution is -2.11. The van der Waals surface area contributed by atoms with Gasteiger partial charge >= 0.3 is 0 Å². The van der Waals surface area contributed by atoms with Crippen molar-refractivity contribution in [3.8, 4) is 0 Å². The summed E-state index contributed by atoms with van der Waals surface area (Å²) in [6, 6.07) is 0. The van der Waals surface area contributed by atoms with E-state index in [-0.39, 0.29) is 0 Å². The van der Waals surface area contributed by atoms with E-state index in [0.717, 1.165) is 29.6 Å². The first-order chi connectivity index (χ1) is 8.60. The standard InChI is InChI=1S/C14H26N4/c1-6-7-8-9-16-14-11(4)13(15-5)17-12(18-14)10(2)3/h10H,6-9H2,1-5H3,(H2,15,16,17,18). The van der Waals surface area contributed by atoms with Crippen molar-refractivity contribution in [1.82, 2.24) is 9.97 Å². The maximum absolute atomic E-state index is 4.62. The SMILES string of the molecule is CCCCCNc1nc(C(C)C)nc(NC)c1C. The fourth-order valence-electron chi connectivity index (χ4n) is 1.79. The Morgan fingerprint density at radius 3 is 2.33 bits per heavy atom. The van der Waals surface area contributed by atoms with Crippen molar-refractivity contribution >= 4 is 11.6 Å². The van der Waals surface area contributed by atoms with Gasteiger partial charge in [0.1, 0.15) is 17.5 Å². The average Bonchev–Trinajstić information content (AvgIpc) is 2.36. The van der Waals surface area contributed by atoms with E-state index < -0.39 is 0 Å². The molecule has 0 aliphatic rings. The summed E-state index contributed by atoms with van der Waals surface area (Å²) in [5, 5.41) is 6.57. The van der Waals surface area contributed by atoms with E-state index in [1.165, 1.54) is 19.3 Å². The second-order valence-electron chi connectivity index (χ2n) is 4.94. The highest BCUT2D eigenvalue weighted by Gasteiger charge is 2.11. The van der Waals surface area contributed by atoms with Crippen LogP contribution in [0.2, 0.25) is 0 Å². The first kappa shape index (κ1) is 14.7. The van der Waals surface area contributed by atoms with Crippen molar-refractivity contribution in [2.24, 2.45) is 0 Å². The molecule has 0 saturated heterocycles. The lowest BCUT2D eigenvalue weighted by Gasteiger charge is -2.15. The van der Waals surface area contributed by atoms with Crippen molar-refractivity contribution in [2.75, 3.05) is 24.2 Å². The third-order valence-electron chi connectivity index (χ3n) is 2.99. The first-order valence-electron chi connectivity index (χ1n) is 6.90. The number of aromatic nitrogens is 2. The predicted octanol–water partition coefficient (Wildman–Crippen LogP) is 3.55. The highest BCUT2D eigenvalue weighted by atomic mass is 15.1. The summed E-state index contributed by atoms with van der Waals surface area (Å²) < 4.78 is 0. The third kappa shape index (κ3) is 3.86. The lowest BCUT2D eigenvalue weighted by atomic mass is 10.2. The molecule has 1 aromatic rings. The molecule has 1 aromatic heterocycles. The fourth-order valence-corrected chi connectivity index (χ4v) is 1.79. The van der Waals surface area contributed by atoms with Crippen LogP contribution in [0.4, 0.5) is 11.6 Å². The van der Waals surface area contributed by atoms with Gasteiger partial charge in [-0.2, -0.15) is 0 Å². The van der Waals surface area contributed by atoms with Gasteiger partial charge in [-0.25, -0.2) is 9.97 Å². The van der Waals surface area contributed by atoms with Gasteiger partial charge in [-0.1, -0.05) is 33.6 Å². The summed E-state index contributed by atoms with van der Waals surface area (Å²) in [5.41, 5.74) is 1.10. The van der Waals surface area contributed by atoms with E-state index in [1.54, 1.807) is 0 Å². The minimum Gasteiger partial charge on any atom is -0.373 e. The Labute approximate surface area is 111 Å². The molecule has 0 aromatic carbocycles. The second-order valence-corrected chi connectivity index (χ2v) is 4.94. The molecule has 0 aliphatic carbocycles. The van der Waals surface area contributed by atoms with Gasteiger partial charge in [-0.05, 0) is 13.3 Å². The van der Waals surface area contributed by atoms with Crippen molar-refractivity contribution < 1.29 is 0 Å². The molecule has 0 fully saturated rings. The third-order valence-corrected chi connectivity index (χ3v) is 2.99. The van der Waals surface area contributed by atoms with Crippen LogP contribution < -0.4 is 10.6 Å². The lowest BCUT2D eigenvalue weighted by molar-refractivity contribution is 0.736. The van der Waals surface area contributed by atoms with Crippen LogP contribution in [-0.2, 0) is 0 Å². The summed E-state index contributed by atoms with van der Waals surface area (Å²) in [6.07, 6.45) is 3.68. The van der Waals surface area contributed by atoms with Gasteiger partial charge in [0.2, 0.25) is 0 Å². The van der Waals surface area contributed by atoms with E-state index in [4.69, 9.17) is 0 Å². The number of unbranched alkanes of at least 4 members (excludes halogenated alkanes) is 2. The zero-order valence-corrected chi connectivity index (χ0v) is 12.3. The molecule has 102 valence electrons. The normalized spacial score (nSPS) is 10.8. The average molecular weight is 250 g/mol. The second kappa shape index (κ2) is 7.19. The zero-order valence-electron chi connectivity index (χ0n) is 12.3. The van der Waals surface area contributed by atoms with Crippen LogP contribution in [0.3, 0.4) is 0 Å². The van der Waals surface area contributed by atoms with Crippen molar-refractivity contribution in [2.45, 2.75) is 52.9 Å². The molecule has 0 spiro atoms. The van der Waals surface area contributed by atoms with Crippen LogP contribution in [0, 0.1) is 6.92 Å². The van der Waals surface area contributed by atoms with Crippen LogP contribution in [-0.4, -0.2) is 23.6 Å². The molecule has 0 bridgehead atoms. The molecule has 0 saturated carbocycles. The number of hydrogen-bond acceptors (Lipinski definition) is 4. The van der Waals surface area contributed by atoms with Gasteiger partial charge in [0.15, 0.2) is 0 Å². The number of rotatable bonds is 7. The molecule has 4 nitrogen and oxygen atoms in total. The summed E-state index contributed by atoms with van der Waals surface area (Å²) in [7, 11) is 1.90. The molecule has 0 unspecified atom stereocenters. The number of anilines is 2. The molecule has 18 heavy (non-hydrogen) atoms. The van der Waals surface area contributed by atoms with Gasteiger partial charge in [-0.3, -0.25) is 0 Å². The highest BCUT2D eigenvalue weighted by molar-refractivity contribution is 5.57. The van der Waals surface area contributed by atoms with Gasteiger partial charge in [-0.15, -0.1) is 0 Å². The van der Waals surface area contributed by atoms with Crippen LogP contribution in [0.15, 0.2) is 0 Å². The minimum absolute atomic E-state index is 0.342. The maximum Gasteiger partial charge on any atom is 0.135 e. The molecule has 1 rings (SSSR count). The Morgan fingerprint density at radius 1 is 1.11 bits per heavy atom. The van der Waals surface area contributed by atoms with E-state index >= 15 is 0 Å². The Morgan fingerprint density at radius 2 is 1.78 bits per heavy atom. The number of hydrogen-bond donors (Lipinski definition) is 2. The van der Waals surface area contributed by atoms with Crippen molar-refractivity contribution in [1.29, 1.82) is 0 Å². The van der Waals surface area contributed by atoms with Crippen LogP contribution >= 0.6 is 0 Å². The molecular weight excluding hydrogens is 224 g/mol. The van der Waals surface area contributed by atoms with Crippen molar-refractivity contribution in [3.05, 3.63) is 11.4 Å². The van der Waals surface area contributed by atoms with Gasteiger partial charge < -0.3 is 10.6 Å². The molecule has 4 heteroatoms. The van der Waals surface area contributed by atoms with Gasteiger partial charge in [0.05, 0.1) is 0 Å². The van der Waals surface area contributed by atoms with E-state index in [1.807, 2.05) is 7.05 Å². The molecule has 1 heterocycles. The summed E-state index contributed by atoms with van der Waals surface area (Å²) >= 11 is 0. The Balaban J connectivity index is 2.84. The Hall–Kier alpha value is -1.32. The molecular formula is C14H26N4. The maximum atomic E-state index is 4.62. The minimum atomic E-state index is 0.342. The quantitative estimate of drug-likeness (QED) is 0.727. The van der Waals surface area contributed by atoms with E-state index in [9.17, 15) is 0 Å². The van der Waals surface area contributed by atoms with E-state index in [0.29, 0.717) is 5.92 Å². The zero-order chi connectivity index (χ0) is 13.5. The Kier molecular flexibility index (Phi) is 5.89. The van der Waals surface area contributed by atoms with E-state index in [2.05, 4.69) is 48.3 Å². The Bertz CT molecular complexity index is 374. The molecule has 0 amide bonds. The summed E-state index contributed by atoms with van der Waals surface area (Å²) in [4.78, 5) is 9.15. The molecule has 0 aliphatic heterocycles.